The van der Waals surface area contributed by atoms with Crippen molar-refractivity contribution in [2.45, 2.75) is 50.9 Å². The Labute approximate surface area is 169 Å². The van der Waals surface area contributed by atoms with Crippen LogP contribution in [0, 0.1) is 23.1 Å². The first-order valence-electron chi connectivity index (χ1n) is 10.6. The summed E-state index contributed by atoms with van der Waals surface area (Å²) in [6.07, 6.45) is 5.91. The van der Waals surface area contributed by atoms with E-state index >= 15 is 0 Å². The fourth-order valence-corrected chi connectivity index (χ4v) is 4.43. The molecule has 2 aromatic carbocycles. The van der Waals surface area contributed by atoms with Crippen LogP contribution in [0.25, 0.3) is 0 Å². The molecule has 0 radical (unpaired) electrons. The van der Waals surface area contributed by atoms with Gasteiger partial charge in [-0.3, -0.25) is 0 Å². The number of nitrogens with zero attached hydrogens (tertiary/aromatic N) is 2. The first-order valence-corrected chi connectivity index (χ1v) is 10.6. The summed E-state index contributed by atoms with van der Waals surface area (Å²) >= 11 is 0. The quantitative estimate of drug-likeness (QED) is 0.528. The van der Waals surface area contributed by atoms with Gasteiger partial charge in [0.05, 0.1) is 11.5 Å². The fourth-order valence-electron chi connectivity index (χ4n) is 4.43. The Bertz CT molecular complexity index is 779. The van der Waals surface area contributed by atoms with Crippen molar-refractivity contribution in [2.75, 3.05) is 19.6 Å². The maximum absolute atomic E-state index is 14.6. The van der Waals surface area contributed by atoms with Gasteiger partial charge in [0.2, 0.25) is 0 Å². The molecule has 0 N–H and O–H groups in total. The summed E-state index contributed by atoms with van der Waals surface area (Å²) in [5.41, 5.74) is 1.28. The Balaban J connectivity index is 1.63. The molecule has 3 heteroatoms. The van der Waals surface area contributed by atoms with E-state index in [-0.39, 0.29) is 11.7 Å². The molecule has 3 rings (SSSR count). The zero-order valence-electron chi connectivity index (χ0n) is 16.9. The van der Waals surface area contributed by atoms with Crippen LogP contribution >= 0.6 is 0 Å². The highest BCUT2D eigenvalue weighted by Gasteiger charge is 2.44. The van der Waals surface area contributed by atoms with Gasteiger partial charge in [0.1, 0.15) is 5.82 Å². The molecule has 2 nitrogen and oxygen atoms in total. The van der Waals surface area contributed by atoms with Gasteiger partial charge in [-0.25, -0.2) is 4.39 Å². The van der Waals surface area contributed by atoms with Crippen molar-refractivity contribution in [3.05, 3.63) is 71.5 Å². The van der Waals surface area contributed by atoms with Gasteiger partial charge in [-0.1, -0.05) is 61.9 Å². The van der Waals surface area contributed by atoms with Crippen LogP contribution in [0.15, 0.2) is 54.6 Å². The van der Waals surface area contributed by atoms with Crippen LogP contribution in [-0.4, -0.2) is 24.5 Å². The van der Waals surface area contributed by atoms with Crippen LogP contribution in [-0.2, 0) is 11.8 Å². The highest BCUT2D eigenvalue weighted by atomic mass is 19.1. The van der Waals surface area contributed by atoms with Crippen molar-refractivity contribution in [3.8, 4) is 6.07 Å². The van der Waals surface area contributed by atoms with E-state index in [9.17, 15) is 9.65 Å². The summed E-state index contributed by atoms with van der Waals surface area (Å²) in [4.78, 5) is 2.44. The molecule has 0 aromatic heterocycles. The molecule has 148 valence electrons. The molecule has 1 aliphatic rings. The first kappa shape index (κ1) is 20.6. The normalized spacial score (nSPS) is 16.4. The molecule has 1 saturated carbocycles. The van der Waals surface area contributed by atoms with E-state index in [4.69, 9.17) is 0 Å². The molecule has 0 spiro atoms. The van der Waals surface area contributed by atoms with Crippen LogP contribution in [0.3, 0.4) is 0 Å². The molecule has 1 unspecified atom stereocenters. The molecule has 2 aromatic rings. The van der Waals surface area contributed by atoms with Crippen LogP contribution < -0.4 is 0 Å². The van der Waals surface area contributed by atoms with E-state index in [1.54, 1.807) is 6.07 Å². The minimum atomic E-state index is -0.678. The van der Waals surface area contributed by atoms with E-state index in [0.29, 0.717) is 5.56 Å². The minimum absolute atomic E-state index is 0.229. The number of benzene rings is 2. The number of likely N-dealkylation sites (N-methyl/N-ethyl adjacent to an activating group) is 1. The van der Waals surface area contributed by atoms with Crippen molar-refractivity contribution in [1.29, 1.82) is 5.26 Å². The summed E-state index contributed by atoms with van der Waals surface area (Å²) in [5.74, 6) is 0.0566. The molecule has 0 amide bonds. The lowest BCUT2D eigenvalue weighted by molar-refractivity contribution is 0.182. The second-order valence-corrected chi connectivity index (χ2v) is 7.96. The van der Waals surface area contributed by atoms with E-state index in [1.807, 2.05) is 18.2 Å². The molecular formula is C25H31FN2. The largest absolute Gasteiger partial charge is 0.303 e. The third-order valence-corrected chi connectivity index (χ3v) is 6.41. The second-order valence-electron chi connectivity index (χ2n) is 7.96. The molecular weight excluding hydrogens is 347 g/mol. The monoisotopic (exact) mass is 378 g/mol. The lowest BCUT2D eigenvalue weighted by atomic mass is 9.60. The van der Waals surface area contributed by atoms with Crippen LogP contribution in [0.2, 0.25) is 0 Å². The maximum atomic E-state index is 14.6. The van der Waals surface area contributed by atoms with Crippen molar-refractivity contribution in [2.24, 2.45) is 5.92 Å². The van der Waals surface area contributed by atoms with Gasteiger partial charge in [-0.05, 0) is 62.7 Å². The molecule has 0 saturated heterocycles. The lowest BCUT2D eigenvalue weighted by Gasteiger charge is -2.41. The number of hydrogen-bond donors (Lipinski definition) is 0. The highest BCUT2D eigenvalue weighted by Crippen LogP contribution is 2.47. The maximum Gasteiger partial charge on any atom is 0.128 e. The van der Waals surface area contributed by atoms with Crippen molar-refractivity contribution in [3.63, 3.8) is 0 Å². The van der Waals surface area contributed by atoms with Gasteiger partial charge in [-0.2, -0.15) is 5.26 Å². The van der Waals surface area contributed by atoms with Gasteiger partial charge < -0.3 is 4.90 Å². The summed E-state index contributed by atoms with van der Waals surface area (Å²) in [6, 6.07) is 20.0. The van der Waals surface area contributed by atoms with Crippen molar-refractivity contribution >= 4 is 0 Å². The number of nitriles is 1. The average molecular weight is 379 g/mol. The number of halogens is 1. The molecule has 1 aliphatic carbocycles. The van der Waals surface area contributed by atoms with Gasteiger partial charge >= 0.3 is 0 Å². The fraction of sp³-hybridized carbons (Fsp3) is 0.480. The van der Waals surface area contributed by atoms with Crippen LogP contribution in [0.1, 0.15) is 50.2 Å². The van der Waals surface area contributed by atoms with Crippen LogP contribution in [0.5, 0.6) is 0 Å². The van der Waals surface area contributed by atoms with Gasteiger partial charge in [-0.15, -0.1) is 0 Å². The molecule has 1 atom stereocenters. The predicted molar refractivity (Wildman–Crippen MR) is 113 cm³/mol. The Morgan fingerprint density at radius 2 is 1.79 bits per heavy atom. The first-order chi connectivity index (χ1) is 13.7. The summed E-state index contributed by atoms with van der Waals surface area (Å²) in [6.45, 7) is 5.15. The summed E-state index contributed by atoms with van der Waals surface area (Å²) < 4.78 is 14.6. The Morgan fingerprint density at radius 3 is 2.39 bits per heavy atom. The topological polar surface area (TPSA) is 27.0 Å². The molecule has 0 bridgehead atoms. The third kappa shape index (κ3) is 4.62. The zero-order chi connectivity index (χ0) is 19.8. The molecule has 28 heavy (non-hydrogen) atoms. The standard InChI is InChI=1S/C25H31FN2/c1-2-28(19-16-21-10-4-3-5-11-21)18-9-17-25(20-27,22-12-8-13-22)23-14-6-7-15-24(23)26/h3-7,10-11,14-15,22H,2,8-9,12-13,16-19H2,1H3. The Hall–Kier alpha value is -2.18. The predicted octanol–water partition coefficient (Wildman–Crippen LogP) is 5.73. The summed E-state index contributed by atoms with van der Waals surface area (Å²) in [7, 11) is 0. The van der Waals surface area contributed by atoms with E-state index in [2.05, 4.69) is 42.2 Å². The van der Waals surface area contributed by atoms with Crippen LogP contribution in [0.4, 0.5) is 4.39 Å². The van der Waals surface area contributed by atoms with Crippen molar-refractivity contribution < 1.29 is 4.39 Å². The Morgan fingerprint density at radius 1 is 1.07 bits per heavy atom. The minimum Gasteiger partial charge on any atom is -0.303 e. The third-order valence-electron chi connectivity index (χ3n) is 6.41. The van der Waals surface area contributed by atoms with E-state index in [1.165, 1.54) is 11.6 Å². The van der Waals surface area contributed by atoms with Gasteiger partial charge in [0.15, 0.2) is 0 Å². The average Bonchev–Trinajstić information content (AvgIpc) is 2.69. The number of rotatable bonds is 10. The molecule has 1 fully saturated rings. The zero-order valence-corrected chi connectivity index (χ0v) is 16.9. The molecule has 0 heterocycles. The summed E-state index contributed by atoms with van der Waals surface area (Å²) in [5, 5.41) is 10.1. The van der Waals surface area contributed by atoms with E-state index in [0.717, 1.165) is 58.2 Å². The Kier molecular flexibility index (Phi) is 7.23. The lowest BCUT2D eigenvalue weighted by Crippen LogP contribution is -2.40. The van der Waals surface area contributed by atoms with Gasteiger partial charge in [0, 0.05) is 12.1 Å². The number of hydrogen-bond acceptors (Lipinski definition) is 2. The second kappa shape index (κ2) is 9.85. The van der Waals surface area contributed by atoms with E-state index < -0.39 is 5.41 Å². The molecule has 0 aliphatic heterocycles. The van der Waals surface area contributed by atoms with Gasteiger partial charge in [0.25, 0.3) is 0 Å². The highest BCUT2D eigenvalue weighted by molar-refractivity contribution is 5.35. The SMILES string of the molecule is CCN(CCCC(C#N)(c1ccccc1F)C1CCC1)CCc1ccccc1. The van der Waals surface area contributed by atoms with Crippen molar-refractivity contribution in [1.82, 2.24) is 4.90 Å². The smallest absolute Gasteiger partial charge is 0.128 e.